The van der Waals surface area contributed by atoms with Crippen LogP contribution in [0.15, 0.2) is 54.6 Å². The molecule has 0 fully saturated rings. The zero-order chi connectivity index (χ0) is 13.5. The molecule has 0 aliphatic heterocycles. The van der Waals surface area contributed by atoms with Crippen LogP contribution in [0.5, 0.6) is 0 Å². The van der Waals surface area contributed by atoms with Crippen LogP contribution in [0.25, 0.3) is 0 Å². The highest BCUT2D eigenvalue weighted by Gasteiger charge is 1.98. The first-order valence-corrected chi connectivity index (χ1v) is 6.31. The van der Waals surface area contributed by atoms with Crippen molar-refractivity contribution < 1.29 is 4.74 Å². The molecular formula is C16H18N2O. The second-order valence-electron chi connectivity index (χ2n) is 4.40. The van der Waals surface area contributed by atoms with Gasteiger partial charge in [-0.3, -0.25) is 5.41 Å². The normalized spacial score (nSPS) is 10.3. The molecule has 0 bridgehead atoms. The van der Waals surface area contributed by atoms with Crippen LogP contribution in [0, 0.1) is 5.41 Å². The first-order chi connectivity index (χ1) is 9.25. The third-order valence-electron chi connectivity index (χ3n) is 2.91. The maximum absolute atomic E-state index is 7.32. The number of hydrogen-bond donors (Lipinski definition) is 2. The summed E-state index contributed by atoms with van der Waals surface area (Å²) in [6.45, 7) is 1.30. The predicted octanol–water partition coefficient (Wildman–Crippen LogP) is 2.73. The van der Waals surface area contributed by atoms with Crippen molar-refractivity contribution in [2.45, 2.75) is 13.0 Å². The summed E-state index contributed by atoms with van der Waals surface area (Å²) in [7, 11) is 0. The van der Waals surface area contributed by atoms with Crippen LogP contribution in [-0.4, -0.2) is 12.4 Å². The van der Waals surface area contributed by atoms with E-state index in [4.69, 9.17) is 15.9 Å². The molecule has 3 nitrogen and oxygen atoms in total. The molecule has 0 heterocycles. The Labute approximate surface area is 113 Å². The largest absolute Gasteiger partial charge is 0.384 e. The van der Waals surface area contributed by atoms with Crippen molar-refractivity contribution in [1.29, 1.82) is 5.41 Å². The highest BCUT2D eigenvalue weighted by Crippen LogP contribution is 2.06. The molecule has 0 aromatic heterocycles. The van der Waals surface area contributed by atoms with Crippen LogP contribution in [0.1, 0.15) is 16.7 Å². The lowest BCUT2D eigenvalue weighted by Gasteiger charge is -2.05. The fourth-order valence-corrected chi connectivity index (χ4v) is 1.81. The molecule has 0 saturated heterocycles. The third-order valence-corrected chi connectivity index (χ3v) is 2.91. The van der Waals surface area contributed by atoms with Crippen molar-refractivity contribution in [3.8, 4) is 0 Å². The highest BCUT2D eigenvalue weighted by atomic mass is 16.5. The van der Waals surface area contributed by atoms with E-state index in [1.165, 1.54) is 5.56 Å². The Bertz CT molecular complexity index is 520. The van der Waals surface area contributed by atoms with Crippen molar-refractivity contribution in [1.82, 2.24) is 0 Å². The second-order valence-corrected chi connectivity index (χ2v) is 4.40. The highest BCUT2D eigenvalue weighted by molar-refractivity contribution is 5.94. The predicted molar refractivity (Wildman–Crippen MR) is 77.3 cm³/mol. The van der Waals surface area contributed by atoms with E-state index in [-0.39, 0.29) is 5.84 Å². The van der Waals surface area contributed by atoms with Gasteiger partial charge in [0.25, 0.3) is 0 Å². The van der Waals surface area contributed by atoms with Gasteiger partial charge < -0.3 is 10.5 Å². The lowest BCUT2D eigenvalue weighted by molar-refractivity contribution is 0.124. The molecule has 2 rings (SSSR count). The summed E-state index contributed by atoms with van der Waals surface area (Å²) in [4.78, 5) is 0. The summed E-state index contributed by atoms with van der Waals surface area (Å²) in [6.07, 6.45) is 0.923. The Hall–Kier alpha value is -2.13. The van der Waals surface area contributed by atoms with Crippen molar-refractivity contribution in [3.05, 3.63) is 71.3 Å². The van der Waals surface area contributed by atoms with Crippen LogP contribution in [0.3, 0.4) is 0 Å². The number of rotatable bonds is 6. The molecule has 98 valence electrons. The number of benzene rings is 2. The average Bonchev–Trinajstić information content (AvgIpc) is 2.45. The van der Waals surface area contributed by atoms with Crippen LogP contribution >= 0.6 is 0 Å². The monoisotopic (exact) mass is 254 g/mol. The lowest BCUT2D eigenvalue weighted by Crippen LogP contribution is -2.10. The van der Waals surface area contributed by atoms with E-state index < -0.39 is 0 Å². The quantitative estimate of drug-likeness (QED) is 0.473. The van der Waals surface area contributed by atoms with Gasteiger partial charge >= 0.3 is 0 Å². The molecule has 0 saturated carbocycles. The minimum Gasteiger partial charge on any atom is -0.384 e. The maximum atomic E-state index is 7.32. The Morgan fingerprint density at radius 1 is 0.947 bits per heavy atom. The Morgan fingerprint density at radius 2 is 1.63 bits per heavy atom. The van der Waals surface area contributed by atoms with Gasteiger partial charge in [0, 0.05) is 5.56 Å². The molecule has 0 atom stereocenters. The molecule has 3 N–H and O–H groups in total. The van der Waals surface area contributed by atoms with E-state index in [0.29, 0.717) is 13.2 Å². The van der Waals surface area contributed by atoms with Gasteiger partial charge in [0.15, 0.2) is 0 Å². The minimum absolute atomic E-state index is 0.0940. The smallest absolute Gasteiger partial charge is 0.122 e. The van der Waals surface area contributed by atoms with Gasteiger partial charge in [0.2, 0.25) is 0 Å². The van der Waals surface area contributed by atoms with E-state index in [2.05, 4.69) is 12.1 Å². The van der Waals surface area contributed by atoms with Gasteiger partial charge in [-0.2, -0.15) is 0 Å². The first kappa shape index (κ1) is 13.3. The van der Waals surface area contributed by atoms with E-state index in [0.717, 1.165) is 17.5 Å². The average molecular weight is 254 g/mol. The Balaban J connectivity index is 1.75. The van der Waals surface area contributed by atoms with Crippen molar-refractivity contribution in [2.24, 2.45) is 5.73 Å². The van der Waals surface area contributed by atoms with Crippen LogP contribution in [0.4, 0.5) is 0 Å². The summed E-state index contributed by atoms with van der Waals surface area (Å²) in [5.74, 6) is 0.0940. The summed E-state index contributed by atoms with van der Waals surface area (Å²) in [5.41, 5.74) is 8.53. The van der Waals surface area contributed by atoms with Crippen molar-refractivity contribution in [3.63, 3.8) is 0 Å². The van der Waals surface area contributed by atoms with Gasteiger partial charge in [-0.25, -0.2) is 0 Å². The number of ether oxygens (including phenoxy) is 1. The van der Waals surface area contributed by atoms with E-state index in [1.54, 1.807) is 0 Å². The Morgan fingerprint density at radius 3 is 2.26 bits per heavy atom. The molecule has 0 spiro atoms. The topological polar surface area (TPSA) is 59.1 Å². The zero-order valence-corrected chi connectivity index (χ0v) is 10.8. The number of hydrogen-bond acceptors (Lipinski definition) is 2. The molecule has 2 aromatic carbocycles. The summed E-state index contributed by atoms with van der Waals surface area (Å²) in [5, 5.41) is 7.32. The van der Waals surface area contributed by atoms with Crippen LogP contribution in [0.2, 0.25) is 0 Å². The van der Waals surface area contributed by atoms with E-state index in [1.807, 2.05) is 42.5 Å². The van der Waals surface area contributed by atoms with Crippen LogP contribution < -0.4 is 5.73 Å². The maximum Gasteiger partial charge on any atom is 0.122 e. The van der Waals surface area contributed by atoms with Gasteiger partial charge in [-0.05, 0) is 17.5 Å². The number of nitrogens with two attached hydrogens (primary N) is 1. The second kappa shape index (κ2) is 6.71. The molecular weight excluding hydrogens is 236 g/mol. The number of nitrogens with one attached hydrogen (secondary N) is 1. The lowest BCUT2D eigenvalue weighted by atomic mass is 10.1. The summed E-state index contributed by atoms with van der Waals surface area (Å²) >= 11 is 0. The zero-order valence-electron chi connectivity index (χ0n) is 10.8. The third kappa shape index (κ3) is 4.23. The molecule has 2 aromatic rings. The molecule has 0 aliphatic rings. The molecule has 0 aliphatic carbocycles. The SMILES string of the molecule is N=C(N)c1ccc(COCCc2ccccc2)cc1. The minimum atomic E-state index is 0.0940. The molecule has 0 radical (unpaired) electrons. The van der Waals surface area contributed by atoms with Crippen molar-refractivity contribution >= 4 is 5.84 Å². The summed E-state index contributed by atoms with van der Waals surface area (Å²) in [6, 6.07) is 17.9. The van der Waals surface area contributed by atoms with Gasteiger partial charge in [0.05, 0.1) is 13.2 Å². The van der Waals surface area contributed by atoms with Gasteiger partial charge in [-0.1, -0.05) is 54.6 Å². The van der Waals surface area contributed by atoms with Gasteiger partial charge in [0.1, 0.15) is 5.84 Å². The van der Waals surface area contributed by atoms with Crippen molar-refractivity contribution in [2.75, 3.05) is 6.61 Å². The van der Waals surface area contributed by atoms with Crippen LogP contribution in [-0.2, 0) is 17.8 Å². The standard InChI is InChI=1S/C16H18N2O/c17-16(18)15-8-6-14(7-9-15)12-19-11-10-13-4-2-1-3-5-13/h1-9H,10-12H2,(H3,17,18). The van der Waals surface area contributed by atoms with Gasteiger partial charge in [-0.15, -0.1) is 0 Å². The van der Waals surface area contributed by atoms with E-state index in [9.17, 15) is 0 Å². The fraction of sp³-hybridized carbons (Fsp3) is 0.188. The summed E-state index contributed by atoms with van der Waals surface area (Å²) < 4.78 is 5.64. The fourth-order valence-electron chi connectivity index (χ4n) is 1.81. The molecule has 0 unspecified atom stereocenters. The molecule has 19 heavy (non-hydrogen) atoms. The molecule has 0 amide bonds. The molecule has 3 heteroatoms. The van der Waals surface area contributed by atoms with E-state index >= 15 is 0 Å². The number of nitrogen functional groups attached to an aromatic ring is 1. The Kier molecular flexibility index (Phi) is 4.70. The number of amidine groups is 1. The first-order valence-electron chi connectivity index (χ1n) is 6.31.